The van der Waals surface area contributed by atoms with E-state index in [1.54, 1.807) is 14.0 Å². The maximum atomic E-state index is 11.5. The molecule has 0 unspecified atom stereocenters. The second kappa shape index (κ2) is 7.01. The van der Waals surface area contributed by atoms with Crippen molar-refractivity contribution in [3.05, 3.63) is 29.8 Å². The summed E-state index contributed by atoms with van der Waals surface area (Å²) in [5, 5.41) is 12.4. The normalized spacial score (nSPS) is 12.0. The average Bonchev–Trinajstić information content (AvgIpc) is 2.38. The van der Waals surface area contributed by atoms with Gasteiger partial charge >= 0.3 is 0 Å². The van der Waals surface area contributed by atoms with Crippen LogP contribution in [-0.4, -0.2) is 31.2 Å². The first-order valence-electron chi connectivity index (χ1n) is 6.32. The molecule has 4 heteroatoms. The smallest absolute Gasteiger partial charge is 0.239 e. The third-order valence-electron chi connectivity index (χ3n) is 2.83. The van der Waals surface area contributed by atoms with E-state index >= 15 is 0 Å². The van der Waals surface area contributed by atoms with Gasteiger partial charge in [-0.2, -0.15) is 0 Å². The lowest BCUT2D eigenvalue weighted by atomic mass is 10.1. The van der Waals surface area contributed by atoms with Crippen molar-refractivity contribution in [2.75, 3.05) is 25.0 Å². The summed E-state index contributed by atoms with van der Waals surface area (Å²) in [5.41, 5.74) is 1.79. The van der Waals surface area contributed by atoms with E-state index in [1.165, 1.54) is 0 Å². The molecule has 100 valence electrons. The zero-order valence-corrected chi connectivity index (χ0v) is 11.3. The van der Waals surface area contributed by atoms with Crippen molar-refractivity contribution >= 4 is 11.6 Å². The quantitative estimate of drug-likeness (QED) is 0.808. The number of rotatable bonds is 6. The molecule has 0 bridgehead atoms. The SMILES string of the molecule is CCCN(CC(=O)NC)c1ccccc1[C@H](C)O. The maximum absolute atomic E-state index is 11.5. The predicted molar refractivity (Wildman–Crippen MR) is 73.6 cm³/mol. The number of para-hydroxylation sites is 1. The molecule has 18 heavy (non-hydrogen) atoms. The number of aliphatic hydroxyl groups is 1. The Kier molecular flexibility index (Phi) is 5.65. The number of carbonyl (C=O) groups excluding carboxylic acids is 1. The van der Waals surface area contributed by atoms with Gasteiger partial charge < -0.3 is 15.3 Å². The molecule has 1 rings (SSSR count). The Hall–Kier alpha value is -1.55. The molecule has 0 saturated heterocycles. The summed E-state index contributed by atoms with van der Waals surface area (Å²) in [6, 6.07) is 7.66. The highest BCUT2D eigenvalue weighted by molar-refractivity contribution is 5.81. The standard InChI is InChI=1S/C14H22N2O2/c1-4-9-16(10-14(18)15-3)13-8-6-5-7-12(13)11(2)17/h5-8,11,17H,4,9-10H2,1-3H3,(H,15,18)/t11-/m0/s1. The number of carbonyl (C=O) groups is 1. The van der Waals surface area contributed by atoms with Crippen molar-refractivity contribution in [1.82, 2.24) is 5.32 Å². The molecular formula is C14H22N2O2. The van der Waals surface area contributed by atoms with E-state index in [0.717, 1.165) is 24.2 Å². The molecule has 0 aliphatic rings. The first kappa shape index (κ1) is 14.5. The van der Waals surface area contributed by atoms with Crippen molar-refractivity contribution in [1.29, 1.82) is 0 Å². The molecule has 2 N–H and O–H groups in total. The van der Waals surface area contributed by atoms with Gasteiger partial charge in [-0.1, -0.05) is 25.1 Å². The summed E-state index contributed by atoms with van der Waals surface area (Å²) < 4.78 is 0. The van der Waals surface area contributed by atoms with Gasteiger partial charge in [0.2, 0.25) is 5.91 Å². The molecule has 0 fully saturated rings. The Morgan fingerprint density at radius 3 is 2.67 bits per heavy atom. The predicted octanol–water partition coefficient (Wildman–Crippen LogP) is 1.70. The van der Waals surface area contributed by atoms with Crippen molar-refractivity contribution in [3.8, 4) is 0 Å². The molecule has 0 aromatic heterocycles. The summed E-state index contributed by atoms with van der Waals surface area (Å²) in [4.78, 5) is 13.5. The fourth-order valence-corrected chi connectivity index (χ4v) is 1.94. The fourth-order valence-electron chi connectivity index (χ4n) is 1.94. The van der Waals surface area contributed by atoms with Crippen molar-refractivity contribution < 1.29 is 9.90 Å². The Labute approximate surface area is 109 Å². The minimum atomic E-state index is -0.537. The van der Waals surface area contributed by atoms with Crippen molar-refractivity contribution in [3.63, 3.8) is 0 Å². The number of benzene rings is 1. The van der Waals surface area contributed by atoms with E-state index in [1.807, 2.05) is 29.2 Å². The van der Waals surface area contributed by atoms with Crippen LogP contribution in [0.4, 0.5) is 5.69 Å². The van der Waals surface area contributed by atoms with Crippen LogP contribution in [0.15, 0.2) is 24.3 Å². The first-order valence-corrected chi connectivity index (χ1v) is 6.32. The summed E-state index contributed by atoms with van der Waals surface area (Å²) >= 11 is 0. The number of likely N-dealkylation sites (N-methyl/N-ethyl adjacent to an activating group) is 1. The summed E-state index contributed by atoms with van der Waals surface area (Å²) in [6.07, 6.45) is 0.413. The van der Waals surface area contributed by atoms with Gasteiger partial charge in [-0.25, -0.2) is 0 Å². The number of aliphatic hydroxyl groups excluding tert-OH is 1. The summed E-state index contributed by atoms with van der Waals surface area (Å²) in [5.74, 6) is -0.0242. The molecule has 4 nitrogen and oxygen atoms in total. The van der Waals surface area contributed by atoms with Crippen LogP contribution < -0.4 is 10.2 Å². The molecule has 0 radical (unpaired) electrons. The highest BCUT2D eigenvalue weighted by atomic mass is 16.3. The van der Waals surface area contributed by atoms with E-state index in [-0.39, 0.29) is 5.91 Å². The van der Waals surface area contributed by atoms with Gasteiger partial charge in [0.25, 0.3) is 0 Å². The Morgan fingerprint density at radius 2 is 2.11 bits per heavy atom. The topological polar surface area (TPSA) is 52.6 Å². The van der Waals surface area contributed by atoms with Crippen LogP contribution >= 0.6 is 0 Å². The third kappa shape index (κ3) is 3.74. The summed E-state index contributed by atoms with van der Waals surface area (Å²) in [7, 11) is 1.63. The van der Waals surface area contributed by atoms with Crippen LogP contribution in [0.3, 0.4) is 0 Å². The minimum absolute atomic E-state index is 0.0242. The molecule has 0 saturated carbocycles. The van der Waals surface area contributed by atoms with Crippen LogP contribution in [0.1, 0.15) is 31.9 Å². The van der Waals surface area contributed by atoms with Gasteiger partial charge in [0.05, 0.1) is 12.6 Å². The molecule has 1 atom stereocenters. The fraction of sp³-hybridized carbons (Fsp3) is 0.500. The Balaban J connectivity index is 3.01. The average molecular weight is 250 g/mol. The largest absolute Gasteiger partial charge is 0.389 e. The molecule has 0 spiro atoms. The van der Waals surface area contributed by atoms with Crippen molar-refractivity contribution in [2.24, 2.45) is 0 Å². The van der Waals surface area contributed by atoms with Crippen LogP contribution in [0.25, 0.3) is 0 Å². The number of hydrogen-bond acceptors (Lipinski definition) is 3. The van der Waals surface area contributed by atoms with E-state index in [0.29, 0.717) is 6.54 Å². The van der Waals surface area contributed by atoms with Gasteiger partial charge in [-0.15, -0.1) is 0 Å². The number of hydrogen-bond donors (Lipinski definition) is 2. The monoisotopic (exact) mass is 250 g/mol. The second-order valence-corrected chi connectivity index (χ2v) is 4.33. The Morgan fingerprint density at radius 1 is 1.44 bits per heavy atom. The van der Waals surface area contributed by atoms with Crippen LogP contribution in [0, 0.1) is 0 Å². The van der Waals surface area contributed by atoms with Crippen molar-refractivity contribution in [2.45, 2.75) is 26.4 Å². The lowest BCUT2D eigenvalue weighted by molar-refractivity contribution is -0.119. The number of nitrogens with one attached hydrogen (secondary N) is 1. The lowest BCUT2D eigenvalue weighted by Gasteiger charge is -2.26. The van der Waals surface area contributed by atoms with Gasteiger partial charge in [0.1, 0.15) is 0 Å². The zero-order valence-electron chi connectivity index (χ0n) is 11.3. The van der Waals surface area contributed by atoms with Gasteiger partial charge in [-0.3, -0.25) is 4.79 Å². The number of anilines is 1. The van der Waals surface area contributed by atoms with E-state index in [4.69, 9.17) is 0 Å². The number of amides is 1. The van der Waals surface area contributed by atoms with Crippen LogP contribution in [0.2, 0.25) is 0 Å². The van der Waals surface area contributed by atoms with Gasteiger partial charge in [-0.05, 0) is 19.4 Å². The second-order valence-electron chi connectivity index (χ2n) is 4.33. The molecule has 0 aliphatic heterocycles. The van der Waals surface area contributed by atoms with E-state index < -0.39 is 6.10 Å². The molecule has 1 amide bonds. The molecule has 0 aliphatic carbocycles. The van der Waals surface area contributed by atoms with E-state index in [9.17, 15) is 9.90 Å². The Bertz CT molecular complexity index is 391. The van der Waals surface area contributed by atoms with Crippen LogP contribution in [0.5, 0.6) is 0 Å². The summed E-state index contributed by atoms with van der Waals surface area (Å²) in [6.45, 7) is 4.91. The van der Waals surface area contributed by atoms with Crippen LogP contribution in [-0.2, 0) is 4.79 Å². The highest BCUT2D eigenvalue weighted by Crippen LogP contribution is 2.26. The molecular weight excluding hydrogens is 228 g/mol. The lowest BCUT2D eigenvalue weighted by Crippen LogP contribution is -2.36. The molecule has 0 heterocycles. The van der Waals surface area contributed by atoms with Gasteiger partial charge in [0, 0.05) is 24.8 Å². The van der Waals surface area contributed by atoms with Gasteiger partial charge in [0.15, 0.2) is 0 Å². The highest BCUT2D eigenvalue weighted by Gasteiger charge is 2.15. The zero-order chi connectivity index (χ0) is 13.5. The first-order chi connectivity index (χ1) is 8.60. The minimum Gasteiger partial charge on any atom is -0.389 e. The molecule has 1 aromatic carbocycles. The third-order valence-corrected chi connectivity index (χ3v) is 2.83. The molecule has 1 aromatic rings. The maximum Gasteiger partial charge on any atom is 0.239 e. The number of nitrogens with zero attached hydrogens (tertiary/aromatic N) is 1. The van der Waals surface area contributed by atoms with E-state index in [2.05, 4.69) is 12.2 Å².